The second-order valence-corrected chi connectivity index (χ2v) is 10.2. The number of thioether (sulfide) groups is 1. The second-order valence-electron chi connectivity index (χ2n) is 9.24. The highest BCUT2D eigenvalue weighted by Gasteiger charge is 2.37. The number of benzene rings is 1. The van der Waals surface area contributed by atoms with E-state index in [1.54, 1.807) is 20.8 Å². The number of aryl methyl sites for hydroxylation is 2. The lowest BCUT2D eigenvalue weighted by Gasteiger charge is -2.35. The maximum Gasteiger partial charge on any atom is 0.408 e. The SMILES string of the molecule is COC(=O)CNC(=O)C(c1c(C)cccc1C)N(CCO)C(=O)C(CCSC)NC(=O)OC(C)(C)C. The van der Waals surface area contributed by atoms with Gasteiger partial charge in [-0.05, 0) is 69.7 Å². The molecule has 2 unspecified atom stereocenters. The zero-order valence-electron chi connectivity index (χ0n) is 22.2. The number of rotatable bonds is 12. The number of hydrogen-bond donors (Lipinski definition) is 3. The fourth-order valence-corrected chi connectivity index (χ4v) is 4.10. The van der Waals surface area contributed by atoms with E-state index in [1.165, 1.54) is 23.8 Å². The number of nitrogens with one attached hydrogen (secondary N) is 2. The first-order valence-corrected chi connectivity index (χ1v) is 13.1. The van der Waals surface area contributed by atoms with Gasteiger partial charge < -0.3 is 30.1 Å². The van der Waals surface area contributed by atoms with Crippen LogP contribution in [0.15, 0.2) is 18.2 Å². The van der Waals surface area contributed by atoms with Crippen LogP contribution in [0.2, 0.25) is 0 Å². The molecule has 0 spiro atoms. The highest BCUT2D eigenvalue weighted by atomic mass is 32.2. The molecule has 10 nitrogen and oxygen atoms in total. The number of amides is 3. The summed E-state index contributed by atoms with van der Waals surface area (Å²) in [5.74, 6) is -1.25. The predicted molar refractivity (Wildman–Crippen MR) is 139 cm³/mol. The number of ether oxygens (including phenoxy) is 2. The summed E-state index contributed by atoms with van der Waals surface area (Å²) in [5, 5.41) is 15.0. The molecule has 0 aliphatic rings. The van der Waals surface area contributed by atoms with Crippen molar-refractivity contribution in [2.75, 3.05) is 38.8 Å². The number of aliphatic hydroxyl groups is 1. The Bertz CT molecular complexity index is 897. The summed E-state index contributed by atoms with van der Waals surface area (Å²) in [6, 6.07) is 3.30. The molecule has 202 valence electrons. The molecule has 0 saturated heterocycles. The van der Waals surface area contributed by atoms with Crippen molar-refractivity contribution >= 4 is 35.6 Å². The van der Waals surface area contributed by atoms with Gasteiger partial charge in [-0.15, -0.1) is 0 Å². The smallest absolute Gasteiger partial charge is 0.408 e. The van der Waals surface area contributed by atoms with Crippen LogP contribution in [0, 0.1) is 13.8 Å². The molecule has 3 amide bonds. The van der Waals surface area contributed by atoms with Crippen molar-refractivity contribution in [3.63, 3.8) is 0 Å². The van der Waals surface area contributed by atoms with E-state index < -0.39 is 48.2 Å². The van der Waals surface area contributed by atoms with Crippen molar-refractivity contribution in [3.8, 4) is 0 Å². The molecule has 0 heterocycles. The van der Waals surface area contributed by atoms with E-state index in [2.05, 4.69) is 15.4 Å². The predicted octanol–water partition coefficient (Wildman–Crippen LogP) is 2.10. The molecule has 11 heteroatoms. The van der Waals surface area contributed by atoms with Gasteiger partial charge in [0, 0.05) is 6.54 Å². The highest BCUT2D eigenvalue weighted by Crippen LogP contribution is 2.29. The molecule has 0 saturated carbocycles. The first-order chi connectivity index (χ1) is 16.9. The van der Waals surface area contributed by atoms with Gasteiger partial charge in [0.2, 0.25) is 11.8 Å². The van der Waals surface area contributed by atoms with Crippen molar-refractivity contribution in [1.29, 1.82) is 0 Å². The topological polar surface area (TPSA) is 134 Å². The summed E-state index contributed by atoms with van der Waals surface area (Å²) in [4.78, 5) is 52.7. The molecular formula is C25H39N3O7S. The van der Waals surface area contributed by atoms with Gasteiger partial charge in [-0.25, -0.2) is 4.79 Å². The molecule has 0 aliphatic heterocycles. The fraction of sp³-hybridized carbons (Fsp3) is 0.600. The molecule has 0 aromatic heterocycles. The zero-order chi connectivity index (χ0) is 27.5. The van der Waals surface area contributed by atoms with Crippen molar-refractivity contribution in [2.45, 2.75) is 58.7 Å². The molecule has 1 aromatic rings. The number of nitrogens with zero attached hydrogens (tertiary/aromatic N) is 1. The van der Waals surface area contributed by atoms with Crippen LogP contribution in [0.1, 0.15) is 49.9 Å². The maximum atomic E-state index is 13.8. The number of hydrogen-bond acceptors (Lipinski definition) is 8. The molecular weight excluding hydrogens is 486 g/mol. The number of carbonyl (C=O) groups excluding carboxylic acids is 4. The summed E-state index contributed by atoms with van der Waals surface area (Å²) in [6.07, 6.45) is 1.40. The van der Waals surface area contributed by atoms with Gasteiger partial charge in [0.05, 0.1) is 13.7 Å². The first kappa shape index (κ1) is 31.2. The lowest BCUT2D eigenvalue weighted by molar-refractivity contribution is -0.145. The van der Waals surface area contributed by atoms with Gasteiger partial charge in [0.1, 0.15) is 24.2 Å². The Labute approximate surface area is 217 Å². The highest BCUT2D eigenvalue weighted by molar-refractivity contribution is 7.98. The van der Waals surface area contributed by atoms with Crippen LogP contribution >= 0.6 is 11.8 Å². The van der Waals surface area contributed by atoms with Gasteiger partial charge in [-0.1, -0.05) is 18.2 Å². The lowest BCUT2D eigenvalue weighted by atomic mass is 9.93. The summed E-state index contributed by atoms with van der Waals surface area (Å²) >= 11 is 1.50. The summed E-state index contributed by atoms with van der Waals surface area (Å²) in [7, 11) is 1.21. The third-order valence-corrected chi connectivity index (χ3v) is 5.88. The number of esters is 1. The average molecular weight is 526 g/mol. The number of methoxy groups -OCH3 is 1. The molecule has 0 aliphatic carbocycles. The van der Waals surface area contributed by atoms with E-state index in [9.17, 15) is 24.3 Å². The summed E-state index contributed by atoms with van der Waals surface area (Å²) < 4.78 is 9.96. The number of carbonyl (C=O) groups is 4. The summed E-state index contributed by atoms with van der Waals surface area (Å²) in [5.41, 5.74) is 1.31. The van der Waals surface area contributed by atoms with E-state index in [4.69, 9.17) is 4.74 Å². The Morgan fingerprint density at radius 2 is 1.75 bits per heavy atom. The van der Waals surface area contributed by atoms with Crippen molar-refractivity contribution in [3.05, 3.63) is 34.9 Å². The first-order valence-electron chi connectivity index (χ1n) is 11.7. The quantitative estimate of drug-likeness (QED) is 0.353. The largest absolute Gasteiger partial charge is 0.468 e. The average Bonchev–Trinajstić information content (AvgIpc) is 2.79. The van der Waals surface area contributed by atoms with Gasteiger partial charge in [-0.2, -0.15) is 11.8 Å². The van der Waals surface area contributed by atoms with Gasteiger partial charge >= 0.3 is 12.1 Å². The Morgan fingerprint density at radius 1 is 1.14 bits per heavy atom. The minimum Gasteiger partial charge on any atom is -0.468 e. The lowest BCUT2D eigenvalue weighted by Crippen LogP contribution is -2.54. The Balaban J connectivity index is 3.49. The van der Waals surface area contributed by atoms with E-state index in [0.717, 1.165) is 11.1 Å². The molecule has 36 heavy (non-hydrogen) atoms. The minimum atomic E-state index is -1.16. The molecule has 0 radical (unpaired) electrons. The monoisotopic (exact) mass is 525 g/mol. The van der Waals surface area contributed by atoms with E-state index in [-0.39, 0.29) is 19.5 Å². The maximum absolute atomic E-state index is 13.8. The second kappa shape index (κ2) is 14.7. The molecule has 1 rings (SSSR count). The van der Waals surface area contributed by atoms with Crippen LogP contribution in [0.5, 0.6) is 0 Å². The van der Waals surface area contributed by atoms with Crippen LogP contribution in [0.3, 0.4) is 0 Å². The van der Waals surface area contributed by atoms with Gasteiger partial charge in [0.25, 0.3) is 0 Å². The Hall–Kier alpha value is -2.79. The van der Waals surface area contributed by atoms with E-state index >= 15 is 0 Å². The Kier molecular flexibility index (Phi) is 12.8. The van der Waals surface area contributed by atoms with Crippen LogP contribution in [0.4, 0.5) is 4.79 Å². The molecule has 0 fully saturated rings. The van der Waals surface area contributed by atoms with Crippen LogP contribution < -0.4 is 10.6 Å². The number of alkyl carbamates (subject to hydrolysis) is 1. The minimum absolute atomic E-state index is 0.172. The summed E-state index contributed by atoms with van der Waals surface area (Å²) in [6.45, 7) is 7.80. The number of aliphatic hydroxyl groups excluding tert-OH is 1. The van der Waals surface area contributed by atoms with Gasteiger partial charge in [0.15, 0.2) is 0 Å². The normalized spacial score (nSPS) is 12.8. The standard InChI is InChI=1S/C25H39N3O7S/c1-16-9-8-10-17(2)20(16)21(22(31)26-15-19(30)34-6)28(12-13-29)23(32)18(11-14-36-7)27-24(33)35-25(3,4)5/h8-10,18,21,29H,11-15H2,1-7H3,(H,26,31)(H,27,33). The van der Waals surface area contributed by atoms with Crippen LogP contribution in [-0.4, -0.2) is 84.3 Å². The van der Waals surface area contributed by atoms with Crippen LogP contribution in [-0.2, 0) is 23.9 Å². The van der Waals surface area contributed by atoms with E-state index in [1.807, 2.05) is 38.3 Å². The molecule has 1 aromatic carbocycles. The van der Waals surface area contributed by atoms with Crippen LogP contribution in [0.25, 0.3) is 0 Å². The van der Waals surface area contributed by atoms with Crippen molar-refractivity contribution in [2.24, 2.45) is 0 Å². The zero-order valence-corrected chi connectivity index (χ0v) is 23.0. The third kappa shape index (κ3) is 9.69. The van der Waals surface area contributed by atoms with Gasteiger partial charge in [-0.3, -0.25) is 14.4 Å². The van der Waals surface area contributed by atoms with E-state index in [0.29, 0.717) is 11.3 Å². The molecule has 3 N–H and O–H groups in total. The molecule has 0 bridgehead atoms. The van der Waals surface area contributed by atoms with Crippen molar-refractivity contribution < 1.29 is 33.8 Å². The Morgan fingerprint density at radius 3 is 2.25 bits per heavy atom. The fourth-order valence-electron chi connectivity index (χ4n) is 3.63. The molecule has 2 atom stereocenters. The van der Waals surface area contributed by atoms with Crippen molar-refractivity contribution in [1.82, 2.24) is 15.5 Å². The third-order valence-electron chi connectivity index (χ3n) is 5.23.